The summed E-state index contributed by atoms with van der Waals surface area (Å²) in [6.07, 6.45) is -5.93. The first-order valence-electron chi connectivity index (χ1n) is 9.17. The van der Waals surface area contributed by atoms with Gasteiger partial charge in [0.2, 0.25) is 5.16 Å². The van der Waals surface area contributed by atoms with Crippen LogP contribution in [0.25, 0.3) is 0 Å². The van der Waals surface area contributed by atoms with E-state index < -0.39 is 51.1 Å². The van der Waals surface area contributed by atoms with E-state index in [1.165, 1.54) is 4.68 Å². The summed E-state index contributed by atoms with van der Waals surface area (Å²) >= 11 is 6.86. The SMILES string of the molecule is NS(=O)(=O)NCCn1nnnc1SCC1=C(C(=O)[O-])N2C(=O)C(NC(=S)CC(F)(F)F)[C@H]2SC1.[Na+]. The first-order valence-corrected chi connectivity index (χ1v) is 13.2. The fraction of sp³-hybridized carbons (Fsp3) is 0.571. The van der Waals surface area contributed by atoms with Crippen molar-refractivity contribution in [1.82, 2.24) is 35.1 Å². The largest absolute Gasteiger partial charge is 1.00 e. The van der Waals surface area contributed by atoms with Gasteiger partial charge < -0.3 is 15.2 Å². The molecular formula is C14H16F3N8NaO5S4. The van der Waals surface area contributed by atoms with Gasteiger partial charge >= 0.3 is 35.7 Å². The second kappa shape index (κ2) is 12.0. The Labute approximate surface area is 232 Å². The van der Waals surface area contributed by atoms with Crippen LogP contribution in [-0.2, 0) is 26.3 Å². The molecular weight excluding hydrogens is 568 g/mol. The van der Waals surface area contributed by atoms with E-state index in [1.807, 2.05) is 0 Å². The summed E-state index contributed by atoms with van der Waals surface area (Å²) in [7, 11) is -3.90. The van der Waals surface area contributed by atoms with E-state index in [2.05, 4.69) is 37.8 Å². The molecule has 2 aliphatic rings. The molecule has 4 N–H and O–H groups in total. The number of carbonyl (C=O) groups is 2. The third-order valence-corrected chi connectivity index (χ3v) is 7.67. The molecule has 0 aromatic carbocycles. The molecule has 3 heterocycles. The number of alkyl halides is 3. The van der Waals surface area contributed by atoms with E-state index in [1.54, 1.807) is 0 Å². The van der Waals surface area contributed by atoms with Crippen LogP contribution in [-0.4, -0.2) is 86.0 Å². The van der Waals surface area contributed by atoms with E-state index >= 15 is 0 Å². The Balaban J connectivity index is 0.00000432. The Morgan fingerprint density at radius 2 is 2.09 bits per heavy atom. The van der Waals surface area contributed by atoms with Crippen LogP contribution in [0.15, 0.2) is 16.4 Å². The zero-order valence-electron chi connectivity index (χ0n) is 17.8. The van der Waals surface area contributed by atoms with Crippen molar-refractivity contribution in [2.75, 3.05) is 18.1 Å². The minimum atomic E-state index is -4.54. The molecule has 1 saturated heterocycles. The molecule has 21 heteroatoms. The van der Waals surface area contributed by atoms with Crippen LogP contribution in [0.5, 0.6) is 0 Å². The molecule has 0 radical (unpaired) electrons. The molecule has 2 aliphatic heterocycles. The van der Waals surface area contributed by atoms with Gasteiger partial charge in [0.05, 0.1) is 29.6 Å². The normalized spacial score (nSPS) is 20.1. The van der Waals surface area contributed by atoms with Crippen LogP contribution in [0, 0.1) is 0 Å². The van der Waals surface area contributed by atoms with Gasteiger partial charge in [-0.3, -0.25) is 9.69 Å². The summed E-state index contributed by atoms with van der Waals surface area (Å²) < 4.78 is 62.7. The number of aliphatic carboxylic acids is 1. The molecule has 2 atom stereocenters. The average molecular weight is 585 g/mol. The Bertz CT molecular complexity index is 1130. The molecule has 35 heavy (non-hydrogen) atoms. The van der Waals surface area contributed by atoms with Gasteiger partial charge in [0.25, 0.3) is 16.1 Å². The number of thiocarbonyl (C=S) groups is 1. The number of thioether (sulfide) groups is 2. The quantitative estimate of drug-likeness (QED) is 0.103. The number of aromatic nitrogens is 4. The second-order valence-electron chi connectivity index (χ2n) is 6.90. The predicted molar refractivity (Wildman–Crippen MR) is 115 cm³/mol. The fourth-order valence-electron chi connectivity index (χ4n) is 3.07. The number of hydrogen-bond donors (Lipinski definition) is 3. The Kier molecular flexibility index (Phi) is 10.4. The number of carboxylic acid groups (broad SMARTS) is 1. The van der Waals surface area contributed by atoms with E-state index in [4.69, 9.17) is 5.14 Å². The molecule has 1 unspecified atom stereocenters. The van der Waals surface area contributed by atoms with Crippen molar-refractivity contribution in [3.8, 4) is 0 Å². The molecule has 188 valence electrons. The van der Waals surface area contributed by atoms with Gasteiger partial charge in [-0.1, -0.05) is 24.0 Å². The van der Waals surface area contributed by atoms with E-state index in [9.17, 15) is 36.3 Å². The number of nitrogens with zero attached hydrogens (tertiary/aromatic N) is 5. The third-order valence-electron chi connectivity index (χ3n) is 4.42. The molecule has 1 amide bonds. The molecule has 1 aromatic rings. The van der Waals surface area contributed by atoms with Gasteiger partial charge in [-0.15, -0.1) is 16.9 Å². The number of carboxylic acids is 1. The van der Waals surface area contributed by atoms with Crippen molar-refractivity contribution in [2.45, 2.75) is 35.7 Å². The molecule has 0 aliphatic carbocycles. The first kappa shape index (κ1) is 30.2. The van der Waals surface area contributed by atoms with Gasteiger partial charge in [-0.25, -0.2) is 14.5 Å². The fourth-order valence-corrected chi connectivity index (χ4v) is 6.13. The number of β-lactam (4-membered cyclic amide) rings is 1. The molecule has 0 spiro atoms. The number of hydrogen-bond acceptors (Lipinski definition) is 11. The summed E-state index contributed by atoms with van der Waals surface area (Å²) in [5, 5.41) is 29.5. The molecule has 1 aromatic heterocycles. The number of rotatable bonds is 10. The second-order valence-corrected chi connectivity index (χ2v) is 10.8. The minimum absolute atomic E-state index is 0. The van der Waals surface area contributed by atoms with Crippen LogP contribution >= 0.6 is 35.7 Å². The summed E-state index contributed by atoms with van der Waals surface area (Å²) in [5.74, 6) is -2.13. The Morgan fingerprint density at radius 1 is 1.40 bits per heavy atom. The number of nitrogens with one attached hydrogen (secondary N) is 2. The van der Waals surface area contributed by atoms with Crippen molar-refractivity contribution < 1.29 is 65.8 Å². The van der Waals surface area contributed by atoms with Crippen LogP contribution in [0.2, 0.25) is 0 Å². The van der Waals surface area contributed by atoms with E-state index in [0.717, 1.165) is 28.4 Å². The number of tetrazole rings is 1. The standard InChI is InChI=1S/C14H17F3N8O5S4.Na/c15-14(16,17)3-7(31)20-8-10(26)25-9(12(27)28)6(4-32-11(8)25)5-33-13-21-22-23-24(13)2-1-19-34(18,29)30;/h8,11,19H,1-5H2,(H,20,31)(H,27,28)(H2,18,29,30);/q;+1/p-1/t8?,11-;/m1./s1. The van der Waals surface area contributed by atoms with Gasteiger partial charge in [-0.2, -0.15) is 21.6 Å². The van der Waals surface area contributed by atoms with Crippen molar-refractivity contribution >= 4 is 62.8 Å². The van der Waals surface area contributed by atoms with Crippen molar-refractivity contribution in [2.24, 2.45) is 5.14 Å². The molecule has 0 saturated carbocycles. The van der Waals surface area contributed by atoms with Gasteiger partial charge in [0.1, 0.15) is 11.4 Å². The molecule has 1 fully saturated rings. The average Bonchev–Trinajstić information content (AvgIpc) is 3.14. The van der Waals surface area contributed by atoms with Crippen molar-refractivity contribution in [1.29, 1.82) is 0 Å². The van der Waals surface area contributed by atoms with E-state index in [0.29, 0.717) is 5.57 Å². The minimum Gasteiger partial charge on any atom is -0.543 e. The maximum atomic E-state index is 12.5. The summed E-state index contributed by atoms with van der Waals surface area (Å²) in [4.78, 5) is 24.7. The molecule has 3 rings (SSSR count). The zero-order valence-corrected chi connectivity index (χ0v) is 23.1. The third kappa shape index (κ3) is 7.99. The number of amides is 1. The first-order chi connectivity index (χ1) is 15.8. The number of carbonyl (C=O) groups excluding carboxylic acids is 2. The van der Waals surface area contributed by atoms with Crippen LogP contribution < -0.4 is 49.8 Å². The smallest absolute Gasteiger partial charge is 0.543 e. The van der Waals surface area contributed by atoms with Crippen molar-refractivity contribution in [3.63, 3.8) is 0 Å². The molecule has 13 nitrogen and oxygen atoms in total. The van der Waals surface area contributed by atoms with Crippen LogP contribution in [0.1, 0.15) is 6.42 Å². The van der Waals surface area contributed by atoms with Crippen LogP contribution in [0.4, 0.5) is 13.2 Å². The molecule has 0 bridgehead atoms. The van der Waals surface area contributed by atoms with Crippen LogP contribution in [0.3, 0.4) is 0 Å². The zero-order chi connectivity index (χ0) is 25.3. The van der Waals surface area contributed by atoms with Crippen molar-refractivity contribution in [3.05, 3.63) is 11.3 Å². The summed E-state index contributed by atoms with van der Waals surface area (Å²) in [6.45, 7) is -0.0421. The maximum Gasteiger partial charge on any atom is 1.00 e. The topological polar surface area (TPSA) is 188 Å². The summed E-state index contributed by atoms with van der Waals surface area (Å²) in [5.41, 5.74) is -0.0379. The van der Waals surface area contributed by atoms with E-state index in [-0.39, 0.29) is 65.0 Å². The monoisotopic (exact) mass is 584 g/mol. The maximum absolute atomic E-state index is 12.5. The Morgan fingerprint density at radius 3 is 2.69 bits per heavy atom. The van der Waals surface area contributed by atoms with Gasteiger partial charge in [0, 0.05) is 18.1 Å². The predicted octanol–water partition coefficient (Wildman–Crippen LogP) is -5.28. The number of halogens is 3. The number of fused-ring (bicyclic) bond motifs is 1. The summed E-state index contributed by atoms with van der Waals surface area (Å²) in [6, 6.07) is -1.08. The van der Waals surface area contributed by atoms with Gasteiger partial charge in [-0.05, 0) is 16.0 Å². The Hall–Kier alpha value is -1.000. The number of nitrogens with two attached hydrogens (primary N) is 1. The van der Waals surface area contributed by atoms with Gasteiger partial charge in [0.15, 0.2) is 0 Å².